The van der Waals surface area contributed by atoms with Crippen LogP contribution in [0, 0.1) is 24.7 Å². The van der Waals surface area contributed by atoms with Gasteiger partial charge in [-0.2, -0.15) is 0 Å². The van der Waals surface area contributed by atoms with Crippen LogP contribution in [0.1, 0.15) is 43.7 Å². The highest BCUT2D eigenvalue weighted by molar-refractivity contribution is 6.02. The minimum Gasteiger partial charge on any atom is -0.454 e. The smallest absolute Gasteiger partial charge is 0.246 e. The minimum absolute atomic E-state index is 0.0391. The highest BCUT2D eigenvalue weighted by Gasteiger charge is 2.72. The summed E-state index contributed by atoms with van der Waals surface area (Å²) >= 11 is 0. The summed E-state index contributed by atoms with van der Waals surface area (Å²) in [6.07, 6.45) is 7.31. The molecular weight excluding hydrogens is 522 g/mol. The number of likely N-dealkylation sites (tertiary alicyclic amines) is 1. The molecular formula is C32H35N3O6. The lowest BCUT2D eigenvalue weighted by molar-refractivity contribution is -0.142. The molecule has 214 valence electrons. The Bertz CT molecular complexity index is 1440. The van der Waals surface area contributed by atoms with E-state index in [1.807, 2.05) is 61.5 Å². The summed E-state index contributed by atoms with van der Waals surface area (Å²) in [5, 5.41) is 6.27. The van der Waals surface area contributed by atoms with Gasteiger partial charge >= 0.3 is 0 Å². The van der Waals surface area contributed by atoms with Gasteiger partial charge in [-0.3, -0.25) is 14.4 Å². The second kappa shape index (κ2) is 9.91. The number of fused-ring (bicyclic) bond motifs is 2. The van der Waals surface area contributed by atoms with Gasteiger partial charge in [0.25, 0.3) is 0 Å². The van der Waals surface area contributed by atoms with E-state index < -0.39 is 29.6 Å². The summed E-state index contributed by atoms with van der Waals surface area (Å²) in [6, 6.07) is 12.2. The second-order valence-corrected chi connectivity index (χ2v) is 12.1. The molecule has 1 aliphatic carbocycles. The van der Waals surface area contributed by atoms with Crippen molar-refractivity contribution >= 4 is 23.4 Å². The number of nitrogens with one attached hydrogen (secondary N) is 2. The number of amides is 3. The number of rotatable bonds is 6. The number of carbonyl (C=O) groups excluding carboxylic acids is 3. The van der Waals surface area contributed by atoms with E-state index in [4.69, 9.17) is 14.2 Å². The van der Waals surface area contributed by atoms with Crippen LogP contribution in [0.15, 0.2) is 54.6 Å². The maximum Gasteiger partial charge on any atom is 0.246 e. The van der Waals surface area contributed by atoms with Crippen molar-refractivity contribution in [2.24, 2.45) is 17.8 Å². The summed E-state index contributed by atoms with van der Waals surface area (Å²) in [5.74, 6) is -0.720. The Kier molecular flexibility index (Phi) is 6.30. The molecule has 2 bridgehead atoms. The fourth-order valence-corrected chi connectivity index (χ4v) is 7.41. The van der Waals surface area contributed by atoms with E-state index in [1.54, 1.807) is 4.90 Å². The molecule has 2 aromatic carbocycles. The van der Waals surface area contributed by atoms with Crippen LogP contribution in [-0.4, -0.2) is 53.2 Å². The molecule has 1 saturated carbocycles. The predicted molar refractivity (Wildman–Crippen MR) is 150 cm³/mol. The van der Waals surface area contributed by atoms with Crippen LogP contribution in [-0.2, 0) is 25.7 Å². The van der Waals surface area contributed by atoms with Crippen LogP contribution in [0.25, 0.3) is 0 Å². The van der Waals surface area contributed by atoms with Crippen LogP contribution >= 0.6 is 0 Å². The Labute approximate surface area is 239 Å². The average Bonchev–Trinajstić information content (AvgIpc) is 3.71. The van der Waals surface area contributed by atoms with Gasteiger partial charge in [0, 0.05) is 18.3 Å². The van der Waals surface area contributed by atoms with E-state index >= 15 is 0 Å². The lowest BCUT2D eigenvalue weighted by Crippen LogP contribution is -2.57. The van der Waals surface area contributed by atoms with Crippen molar-refractivity contribution in [1.82, 2.24) is 10.2 Å². The maximum absolute atomic E-state index is 14.3. The molecule has 2 aromatic rings. The van der Waals surface area contributed by atoms with E-state index in [9.17, 15) is 14.4 Å². The molecule has 1 spiro atoms. The number of hydrogen-bond donors (Lipinski definition) is 2. The molecule has 0 aromatic heterocycles. The maximum atomic E-state index is 14.3. The van der Waals surface area contributed by atoms with Crippen molar-refractivity contribution in [3.63, 3.8) is 0 Å². The van der Waals surface area contributed by atoms with Gasteiger partial charge in [0.15, 0.2) is 11.5 Å². The highest BCUT2D eigenvalue weighted by Crippen LogP contribution is 2.55. The van der Waals surface area contributed by atoms with Crippen molar-refractivity contribution in [2.45, 2.75) is 69.9 Å². The average molecular weight is 558 g/mol. The fraction of sp³-hybridized carbons (Fsp3) is 0.469. The van der Waals surface area contributed by atoms with Crippen LogP contribution in [0.4, 0.5) is 5.69 Å². The first-order chi connectivity index (χ1) is 19.8. The standard InChI is InChI=1S/C32H35N3O6/c1-18-6-5-8-21(14-18)33-29(36)26-24-12-13-32(41-24)27(26)31(38)35(16-20-10-11-23-25(15-20)40-17-39-23)28(32)30(37)34-22-9-4-3-7-19(22)2/h5-6,8,10-15,19,22,24,26-28H,3-4,7,9,16-17H2,1-2H3,(H,33,36)(H,34,37)/t19-,22-,24-,26+,27-,28-,32-/m0/s1. The van der Waals surface area contributed by atoms with Crippen molar-refractivity contribution < 1.29 is 28.6 Å². The number of benzene rings is 2. The molecule has 41 heavy (non-hydrogen) atoms. The van der Waals surface area contributed by atoms with Gasteiger partial charge in [-0.25, -0.2) is 0 Å². The molecule has 9 nitrogen and oxygen atoms in total. The SMILES string of the molecule is Cc1cccc(NC(=O)[C@@H]2[C@@H]3C=C[C@]4(O3)[C@@H]2C(=O)N(Cc2ccc3c(c2)OCO3)[C@H]4C(=O)N[C@H]2CCCC[C@@H]2C)c1. The number of aryl methyl sites for hydroxylation is 1. The van der Waals surface area contributed by atoms with Gasteiger partial charge in [-0.05, 0) is 61.1 Å². The third kappa shape index (κ3) is 4.29. The summed E-state index contributed by atoms with van der Waals surface area (Å²) in [4.78, 5) is 43.8. The minimum atomic E-state index is -1.21. The molecule has 4 aliphatic heterocycles. The molecule has 3 amide bonds. The van der Waals surface area contributed by atoms with Gasteiger partial charge in [-0.15, -0.1) is 0 Å². The van der Waals surface area contributed by atoms with E-state index in [1.165, 1.54) is 0 Å². The summed E-state index contributed by atoms with van der Waals surface area (Å²) in [5.41, 5.74) is 1.28. The van der Waals surface area contributed by atoms with E-state index in [0.717, 1.165) is 36.8 Å². The first-order valence-electron chi connectivity index (χ1n) is 14.6. The zero-order valence-corrected chi connectivity index (χ0v) is 23.3. The molecule has 5 aliphatic rings. The van der Waals surface area contributed by atoms with Crippen LogP contribution in [0.3, 0.4) is 0 Å². The number of ether oxygens (including phenoxy) is 3. The van der Waals surface area contributed by atoms with Crippen molar-refractivity contribution in [1.29, 1.82) is 0 Å². The van der Waals surface area contributed by atoms with Gasteiger partial charge in [0.2, 0.25) is 24.5 Å². The normalized spacial score (nSPS) is 32.7. The summed E-state index contributed by atoms with van der Waals surface area (Å²) < 4.78 is 17.5. The largest absolute Gasteiger partial charge is 0.454 e. The summed E-state index contributed by atoms with van der Waals surface area (Å²) in [7, 11) is 0. The lowest BCUT2D eigenvalue weighted by Gasteiger charge is -2.36. The molecule has 3 fully saturated rings. The van der Waals surface area contributed by atoms with Crippen molar-refractivity contribution in [3.05, 3.63) is 65.7 Å². The van der Waals surface area contributed by atoms with Gasteiger partial charge in [-0.1, -0.05) is 50.1 Å². The third-order valence-corrected chi connectivity index (χ3v) is 9.44. The predicted octanol–water partition coefficient (Wildman–Crippen LogP) is 3.71. The van der Waals surface area contributed by atoms with E-state index in [-0.39, 0.29) is 37.1 Å². The van der Waals surface area contributed by atoms with Crippen molar-refractivity contribution in [3.8, 4) is 11.5 Å². The zero-order valence-electron chi connectivity index (χ0n) is 23.3. The van der Waals surface area contributed by atoms with E-state index in [2.05, 4.69) is 17.6 Å². The zero-order chi connectivity index (χ0) is 28.3. The summed E-state index contributed by atoms with van der Waals surface area (Å²) in [6.45, 7) is 4.45. The first-order valence-corrected chi connectivity index (χ1v) is 14.6. The molecule has 2 N–H and O–H groups in total. The monoisotopic (exact) mass is 557 g/mol. The van der Waals surface area contributed by atoms with Crippen molar-refractivity contribution in [2.75, 3.05) is 12.1 Å². The second-order valence-electron chi connectivity index (χ2n) is 12.1. The lowest BCUT2D eigenvalue weighted by atomic mass is 9.74. The Morgan fingerprint density at radius 2 is 1.88 bits per heavy atom. The first kappa shape index (κ1) is 26.1. The molecule has 4 heterocycles. The van der Waals surface area contributed by atoms with Crippen LogP contribution < -0.4 is 20.1 Å². The fourth-order valence-electron chi connectivity index (χ4n) is 7.41. The van der Waals surface area contributed by atoms with Crippen LogP contribution in [0.2, 0.25) is 0 Å². The third-order valence-electron chi connectivity index (χ3n) is 9.44. The number of anilines is 1. The number of nitrogens with zero attached hydrogens (tertiary/aromatic N) is 1. The Hall–Kier alpha value is -3.85. The van der Waals surface area contributed by atoms with Gasteiger partial charge in [0.05, 0.1) is 17.9 Å². The van der Waals surface area contributed by atoms with Crippen LogP contribution in [0.5, 0.6) is 11.5 Å². The molecule has 7 rings (SSSR count). The Balaban J connectivity index is 1.22. The molecule has 2 saturated heterocycles. The Morgan fingerprint density at radius 1 is 1.05 bits per heavy atom. The van der Waals surface area contributed by atoms with E-state index in [0.29, 0.717) is 23.1 Å². The number of hydrogen-bond acceptors (Lipinski definition) is 6. The van der Waals surface area contributed by atoms with Gasteiger partial charge in [0.1, 0.15) is 11.6 Å². The quantitative estimate of drug-likeness (QED) is 0.525. The topological polar surface area (TPSA) is 106 Å². The molecule has 0 unspecified atom stereocenters. The molecule has 7 atom stereocenters. The Morgan fingerprint density at radius 3 is 2.71 bits per heavy atom. The molecule has 9 heteroatoms. The number of carbonyl (C=O) groups is 3. The van der Waals surface area contributed by atoms with Gasteiger partial charge < -0.3 is 29.7 Å². The molecule has 0 radical (unpaired) electrons. The highest BCUT2D eigenvalue weighted by atomic mass is 16.7.